The van der Waals surface area contributed by atoms with E-state index in [1.807, 2.05) is 0 Å². The number of hydrogen-bond donors (Lipinski definition) is 0. The van der Waals surface area contributed by atoms with Gasteiger partial charge in [-0.15, -0.1) is 0 Å². The van der Waals surface area contributed by atoms with E-state index in [2.05, 4.69) is 44.7 Å². The Balaban J connectivity index is 3.47. The molecule has 0 saturated heterocycles. The topological polar surface area (TPSA) is 0 Å². The number of allylic oxidation sites excluding steroid dienone is 1. The van der Waals surface area contributed by atoms with Gasteiger partial charge in [0.25, 0.3) is 0 Å². The summed E-state index contributed by atoms with van der Waals surface area (Å²) in [6.07, 6.45) is 0. The Bertz CT molecular complexity index is 400. The first kappa shape index (κ1) is 11.6. The summed E-state index contributed by atoms with van der Waals surface area (Å²) < 4.78 is 2.15. The van der Waals surface area contributed by atoms with Gasteiger partial charge in [0.15, 0.2) is 0 Å². The first-order chi connectivity index (χ1) is 6.49. The summed E-state index contributed by atoms with van der Waals surface area (Å²) in [4.78, 5) is 0. The Hall–Kier alpha value is -0.482. The van der Waals surface area contributed by atoms with Gasteiger partial charge in [-0.05, 0) is 0 Å². The van der Waals surface area contributed by atoms with Crippen molar-refractivity contribution in [2.24, 2.45) is 0 Å². The Morgan fingerprint density at radius 2 is 1.71 bits per heavy atom. The predicted octanol–water partition coefficient (Wildman–Crippen LogP) is 3.28. The maximum atomic E-state index is 4.08. The van der Waals surface area contributed by atoms with Crippen LogP contribution in [0.15, 0.2) is 12.6 Å². The number of rotatable bonds is 2. The van der Waals surface area contributed by atoms with Crippen LogP contribution in [-0.2, 0) is 19.4 Å². The van der Waals surface area contributed by atoms with Crippen LogP contribution in [0.3, 0.4) is 0 Å². The molecule has 0 atom stereocenters. The van der Waals surface area contributed by atoms with E-state index in [-0.39, 0.29) is 0 Å². The Morgan fingerprint density at radius 3 is 2.21 bits per heavy atom. The Kier molecular flexibility index (Phi) is 3.61. The maximum absolute atomic E-state index is 4.08. The number of aryl methyl sites for hydroxylation is 1. The summed E-state index contributed by atoms with van der Waals surface area (Å²) >= 11 is 1.46. The Labute approximate surface area is 97.4 Å². The van der Waals surface area contributed by atoms with Gasteiger partial charge in [-0.2, -0.15) is 0 Å². The van der Waals surface area contributed by atoms with Gasteiger partial charge in [0.1, 0.15) is 0 Å². The molecule has 74 valence electrons. The van der Waals surface area contributed by atoms with Crippen molar-refractivity contribution in [2.75, 3.05) is 0 Å². The molecule has 0 aromatic heterocycles. The zero-order chi connectivity index (χ0) is 10.9. The van der Waals surface area contributed by atoms with Gasteiger partial charge in [0.05, 0.1) is 0 Å². The molecule has 1 heteroatoms. The van der Waals surface area contributed by atoms with Crippen molar-refractivity contribution < 1.29 is 19.4 Å². The number of benzene rings is 1. The minimum atomic E-state index is 1.16. The molecule has 14 heavy (non-hydrogen) atoms. The Morgan fingerprint density at radius 1 is 1.14 bits per heavy atom. The van der Waals surface area contributed by atoms with E-state index in [9.17, 15) is 0 Å². The van der Waals surface area contributed by atoms with Crippen LogP contribution in [0.2, 0.25) is 0 Å². The van der Waals surface area contributed by atoms with Crippen LogP contribution in [0.25, 0.3) is 5.57 Å². The summed E-state index contributed by atoms with van der Waals surface area (Å²) in [5.74, 6) is 0. The van der Waals surface area contributed by atoms with Crippen molar-refractivity contribution in [1.82, 2.24) is 0 Å². The summed E-state index contributed by atoms with van der Waals surface area (Å²) in [5, 5.41) is 0. The van der Waals surface area contributed by atoms with Gasteiger partial charge >= 0.3 is 97.5 Å². The van der Waals surface area contributed by atoms with Crippen molar-refractivity contribution in [2.45, 2.75) is 27.7 Å². The standard InChI is InChI=1S/C13H16.W/c1-8(2)13-7-9(3)10(4)11(5)12(13)6;/h1,7H,2H2,3-6H3;. The molecule has 1 aromatic rings. The second-order valence-electron chi connectivity index (χ2n) is 3.76. The van der Waals surface area contributed by atoms with Crippen molar-refractivity contribution in [3.63, 3.8) is 0 Å². The fourth-order valence-corrected chi connectivity index (χ4v) is 2.07. The third-order valence-corrected chi connectivity index (χ3v) is 3.99. The van der Waals surface area contributed by atoms with Crippen molar-refractivity contribution in [3.05, 3.63) is 40.5 Å². The van der Waals surface area contributed by atoms with Crippen LogP contribution in [0, 0.1) is 27.7 Å². The predicted molar refractivity (Wildman–Crippen MR) is 60.5 cm³/mol. The molecule has 0 heterocycles. The van der Waals surface area contributed by atoms with E-state index in [1.54, 1.807) is 0 Å². The van der Waals surface area contributed by atoms with Crippen LogP contribution < -0.4 is 0 Å². The molecular weight excluding hydrogens is 340 g/mol. The van der Waals surface area contributed by atoms with Gasteiger partial charge in [-0.25, -0.2) is 0 Å². The van der Waals surface area contributed by atoms with E-state index in [4.69, 9.17) is 0 Å². The van der Waals surface area contributed by atoms with E-state index >= 15 is 0 Å². The fraction of sp³-hybridized carbons (Fsp3) is 0.308. The molecular formula is C13H16W. The van der Waals surface area contributed by atoms with Gasteiger partial charge in [0.2, 0.25) is 0 Å². The molecule has 0 radical (unpaired) electrons. The molecule has 0 fully saturated rings. The van der Waals surface area contributed by atoms with Crippen molar-refractivity contribution in [3.8, 4) is 0 Å². The quantitative estimate of drug-likeness (QED) is 0.763. The zero-order valence-electron chi connectivity index (χ0n) is 9.27. The second-order valence-corrected chi connectivity index (χ2v) is 4.61. The molecule has 0 N–H and O–H groups in total. The summed E-state index contributed by atoms with van der Waals surface area (Å²) in [6, 6.07) is 2.25. The minimum absolute atomic E-state index is 1.16. The van der Waals surface area contributed by atoms with Gasteiger partial charge in [-0.3, -0.25) is 0 Å². The van der Waals surface area contributed by atoms with E-state index in [0.717, 1.165) is 5.57 Å². The van der Waals surface area contributed by atoms with E-state index in [0.29, 0.717) is 0 Å². The molecule has 1 aromatic carbocycles. The average Bonchev–Trinajstić information content (AvgIpc) is 2.19. The van der Waals surface area contributed by atoms with Gasteiger partial charge in [0, 0.05) is 0 Å². The van der Waals surface area contributed by atoms with Gasteiger partial charge < -0.3 is 0 Å². The van der Waals surface area contributed by atoms with Crippen molar-refractivity contribution >= 4 is 9.97 Å². The van der Waals surface area contributed by atoms with E-state index in [1.165, 1.54) is 47.2 Å². The van der Waals surface area contributed by atoms with Crippen molar-refractivity contribution in [1.29, 1.82) is 0 Å². The van der Waals surface area contributed by atoms with E-state index < -0.39 is 0 Å². The van der Waals surface area contributed by atoms with Crippen LogP contribution in [0.5, 0.6) is 0 Å². The molecule has 1 rings (SSSR count). The summed E-state index contributed by atoms with van der Waals surface area (Å²) in [6.45, 7) is 12.8. The first-order valence-electron chi connectivity index (χ1n) is 4.71. The fourth-order valence-electron chi connectivity index (χ4n) is 1.61. The first-order valence-corrected chi connectivity index (χ1v) is 6.40. The zero-order valence-corrected chi connectivity index (χ0v) is 12.2. The molecule has 0 unspecified atom stereocenters. The summed E-state index contributed by atoms with van der Waals surface area (Å²) in [7, 11) is 0. The number of hydrogen-bond acceptors (Lipinski definition) is 0. The van der Waals surface area contributed by atoms with Crippen LogP contribution >= 0.6 is 0 Å². The van der Waals surface area contributed by atoms with Crippen LogP contribution in [0.4, 0.5) is 0 Å². The molecule has 0 saturated carbocycles. The molecule has 0 aliphatic carbocycles. The molecule has 0 aliphatic heterocycles. The third-order valence-electron chi connectivity index (χ3n) is 2.97. The third kappa shape index (κ3) is 1.96. The molecule has 0 amide bonds. The monoisotopic (exact) mass is 356 g/mol. The summed E-state index contributed by atoms with van der Waals surface area (Å²) in [5.41, 5.74) is 8.00. The average molecular weight is 356 g/mol. The molecule has 0 aliphatic rings. The molecule has 0 bridgehead atoms. The van der Waals surface area contributed by atoms with Crippen LogP contribution in [0.1, 0.15) is 27.8 Å². The van der Waals surface area contributed by atoms with Crippen LogP contribution in [-0.4, -0.2) is 4.40 Å². The normalized spacial score (nSPS) is 10.0. The van der Waals surface area contributed by atoms with Gasteiger partial charge in [-0.1, -0.05) is 0 Å². The second kappa shape index (κ2) is 4.36. The molecule has 0 nitrogen and oxygen atoms in total. The molecule has 0 spiro atoms. The SMILES string of the molecule is C=C([CH]=[W])c1cc(C)c(C)c(C)c1C.